The molecule has 0 aliphatic carbocycles. The first kappa shape index (κ1) is 13.9. The van der Waals surface area contributed by atoms with Gasteiger partial charge in [0.1, 0.15) is 5.01 Å². The quantitative estimate of drug-likeness (QED) is 0.648. The van der Waals surface area contributed by atoms with Crippen LogP contribution in [0, 0.1) is 17.0 Å². The zero-order valence-corrected chi connectivity index (χ0v) is 11.3. The van der Waals surface area contributed by atoms with Crippen LogP contribution in [-0.4, -0.2) is 21.0 Å². The maximum absolute atomic E-state index is 10.8. The van der Waals surface area contributed by atoms with E-state index >= 15 is 0 Å². The summed E-state index contributed by atoms with van der Waals surface area (Å²) >= 11 is 1.22. The van der Waals surface area contributed by atoms with Crippen LogP contribution in [0.25, 0.3) is 0 Å². The third-order valence-electron chi connectivity index (χ3n) is 2.49. The molecular weight excluding hydrogens is 282 g/mol. The van der Waals surface area contributed by atoms with Crippen molar-refractivity contribution < 1.29 is 14.8 Å². The molecule has 0 fully saturated rings. The highest BCUT2D eigenvalue weighted by Crippen LogP contribution is 2.21. The van der Waals surface area contributed by atoms with Gasteiger partial charge in [-0.3, -0.25) is 10.1 Å². The molecule has 7 nitrogen and oxygen atoms in total. The molecule has 2 rings (SSSR count). The third-order valence-corrected chi connectivity index (χ3v) is 3.34. The summed E-state index contributed by atoms with van der Waals surface area (Å²) in [5.41, 5.74) is 1.38. The SMILES string of the molecule is Cc1cc(NCc2nc(C(=O)O)cs2)cc([N+](=O)[O-])c1. The van der Waals surface area contributed by atoms with Crippen molar-refractivity contribution in [1.29, 1.82) is 0 Å². The van der Waals surface area contributed by atoms with E-state index in [1.807, 2.05) is 0 Å². The number of anilines is 1. The minimum absolute atomic E-state index is 0.00187. The summed E-state index contributed by atoms with van der Waals surface area (Å²) in [4.78, 5) is 24.9. The molecule has 0 atom stereocenters. The molecule has 2 aromatic rings. The van der Waals surface area contributed by atoms with E-state index in [4.69, 9.17) is 5.11 Å². The first-order valence-electron chi connectivity index (χ1n) is 5.63. The van der Waals surface area contributed by atoms with Gasteiger partial charge in [-0.05, 0) is 18.6 Å². The third kappa shape index (κ3) is 3.29. The Hall–Kier alpha value is -2.48. The molecule has 1 heterocycles. The molecule has 0 saturated carbocycles. The second-order valence-electron chi connectivity index (χ2n) is 4.10. The van der Waals surface area contributed by atoms with Gasteiger partial charge in [-0.25, -0.2) is 9.78 Å². The number of hydrogen-bond acceptors (Lipinski definition) is 6. The average molecular weight is 293 g/mol. The van der Waals surface area contributed by atoms with Crippen molar-refractivity contribution in [1.82, 2.24) is 4.98 Å². The van der Waals surface area contributed by atoms with E-state index in [2.05, 4.69) is 10.3 Å². The lowest BCUT2D eigenvalue weighted by Crippen LogP contribution is -2.02. The fourth-order valence-electron chi connectivity index (χ4n) is 1.64. The number of aryl methyl sites for hydroxylation is 1. The van der Waals surface area contributed by atoms with E-state index < -0.39 is 10.9 Å². The predicted octanol–water partition coefficient (Wildman–Crippen LogP) is 2.67. The van der Waals surface area contributed by atoms with Gasteiger partial charge in [-0.1, -0.05) is 0 Å². The fourth-order valence-corrected chi connectivity index (χ4v) is 2.35. The van der Waals surface area contributed by atoms with E-state index in [-0.39, 0.29) is 11.4 Å². The highest BCUT2D eigenvalue weighted by molar-refractivity contribution is 7.09. The lowest BCUT2D eigenvalue weighted by atomic mass is 10.2. The minimum Gasteiger partial charge on any atom is -0.476 e. The second kappa shape index (κ2) is 5.66. The molecule has 0 aliphatic rings. The number of nitro groups is 1. The maximum atomic E-state index is 10.8. The fraction of sp³-hybridized carbons (Fsp3) is 0.167. The molecule has 0 bridgehead atoms. The van der Waals surface area contributed by atoms with Gasteiger partial charge >= 0.3 is 5.97 Å². The number of hydrogen-bond donors (Lipinski definition) is 2. The molecule has 0 aliphatic heterocycles. The molecular formula is C12H11N3O4S. The van der Waals surface area contributed by atoms with Crippen molar-refractivity contribution >= 4 is 28.7 Å². The normalized spacial score (nSPS) is 10.2. The summed E-state index contributed by atoms with van der Waals surface area (Å²) in [6.07, 6.45) is 0. The Kier molecular flexibility index (Phi) is 3.94. The number of carboxylic acids is 1. The van der Waals surface area contributed by atoms with E-state index in [1.54, 1.807) is 13.0 Å². The Morgan fingerprint density at radius 2 is 2.25 bits per heavy atom. The molecule has 2 N–H and O–H groups in total. The van der Waals surface area contributed by atoms with Gasteiger partial charge in [0.25, 0.3) is 5.69 Å². The lowest BCUT2D eigenvalue weighted by Gasteiger charge is -2.05. The zero-order valence-electron chi connectivity index (χ0n) is 10.5. The zero-order chi connectivity index (χ0) is 14.7. The second-order valence-corrected chi connectivity index (χ2v) is 5.04. The summed E-state index contributed by atoms with van der Waals surface area (Å²) in [5.74, 6) is -1.07. The van der Waals surface area contributed by atoms with Gasteiger partial charge in [0.2, 0.25) is 0 Å². The smallest absolute Gasteiger partial charge is 0.355 e. The Morgan fingerprint density at radius 3 is 2.85 bits per heavy atom. The Balaban J connectivity index is 2.10. The van der Waals surface area contributed by atoms with Crippen molar-refractivity contribution in [2.75, 3.05) is 5.32 Å². The van der Waals surface area contributed by atoms with E-state index in [0.29, 0.717) is 17.2 Å². The summed E-state index contributed by atoms with van der Waals surface area (Å²) < 4.78 is 0. The standard InChI is InChI=1S/C12H11N3O4S/c1-7-2-8(4-9(3-7)15(18)19)13-5-11-14-10(6-20-11)12(16)17/h2-4,6,13H,5H2,1H3,(H,16,17). The van der Waals surface area contributed by atoms with E-state index in [0.717, 1.165) is 5.56 Å². The number of nitro benzene ring substituents is 1. The van der Waals surface area contributed by atoms with Crippen LogP contribution in [-0.2, 0) is 6.54 Å². The van der Waals surface area contributed by atoms with Crippen LogP contribution in [0.4, 0.5) is 11.4 Å². The predicted molar refractivity (Wildman–Crippen MR) is 74.2 cm³/mol. The van der Waals surface area contributed by atoms with Gasteiger partial charge < -0.3 is 10.4 Å². The Morgan fingerprint density at radius 1 is 1.50 bits per heavy atom. The molecule has 0 unspecified atom stereocenters. The number of aromatic nitrogens is 1. The van der Waals surface area contributed by atoms with Crippen LogP contribution in [0.1, 0.15) is 21.1 Å². The van der Waals surface area contributed by atoms with Crippen molar-refractivity contribution in [2.24, 2.45) is 0 Å². The molecule has 0 amide bonds. The monoisotopic (exact) mass is 293 g/mol. The van der Waals surface area contributed by atoms with Crippen molar-refractivity contribution in [2.45, 2.75) is 13.5 Å². The van der Waals surface area contributed by atoms with Gasteiger partial charge in [-0.2, -0.15) is 0 Å². The van der Waals surface area contributed by atoms with E-state index in [9.17, 15) is 14.9 Å². The average Bonchev–Trinajstić information content (AvgIpc) is 2.84. The number of rotatable bonds is 5. The first-order chi connectivity index (χ1) is 9.45. The highest BCUT2D eigenvalue weighted by atomic mass is 32.1. The van der Waals surface area contributed by atoms with Crippen LogP contribution in [0.2, 0.25) is 0 Å². The molecule has 0 radical (unpaired) electrons. The topological polar surface area (TPSA) is 105 Å². The highest BCUT2D eigenvalue weighted by Gasteiger charge is 2.10. The van der Waals surface area contributed by atoms with Gasteiger partial charge in [0.05, 0.1) is 11.5 Å². The first-order valence-corrected chi connectivity index (χ1v) is 6.51. The van der Waals surface area contributed by atoms with Crippen LogP contribution in [0.5, 0.6) is 0 Å². The molecule has 1 aromatic heterocycles. The van der Waals surface area contributed by atoms with Gasteiger partial charge in [0.15, 0.2) is 5.69 Å². The lowest BCUT2D eigenvalue weighted by molar-refractivity contribution is -0.384. The number of carbonyl (C=O) groups is 1. The molecule has 0 spiro atoms. The Labute approximate surface area is 118 Å². The van der Waals surface area contributed by atoms with Crippen molar-refractivity contribution in [3.05, 3.63) is 50.0 Å². The molecule has 8 heteroatoms. The number of nitrogens with zero attached hydrogens (tertiary/aromatic N) is 2. The molecule has 104 valence electrons. The van der Waals surface area contributed by atoms with Crippen LogP contribution in [0.3, 0.4) is 0 Å². The maximum Gasteiger partial charge on any atom is 0.355 e. The van der Waals surface area contributed by atoms with Crippen LogP contribution in [0.15, 0.2) is 23.6 Å². The van der Waals surface area contributed by atoms with Crippen LogP contribution < -0.4 is 5.32 Å². The number of nitrogens with one attached hydrogen (secondary N) is 1. The molecule has 20 heavy (non-hydrogen) atoms. The summed E-state index contributed by atoms with van der Waals surface area (Å²) in [5, 5.41) is 24.6. The summed E-state index contributed by atoms with van der Waals surface area (Å²) in [6, 6.07) is 4.69. The number of benzene rings is 1. The summed E-state index contributed by atoms with van der Waals surface area (Å²) in [6.45, 7) is 2.09. The summed E-state index contributed by atoms with van der Waals surface area (Å²) in [7, 11) is 0. The van der Waals surface area contributed by atoms with Gasteiger partial charge in [0, 0.05) is 23.2 Å². The van der Waals surface area contributed by atoms with Crippen molar-refractivity contribution in [3.63, 3.8) is 0 Å². The number of carboxylic acid groups (broad SMARTS) is 1. The van der Waals surface area contributed by atoms with Crippen molar-refractivity contribution in [3.8, 4) is 0 Å². The minimum atomic E-state index is -1.07. The largest absolute Gasteiger partial charge is 0.476 e. The van der Waals surface area contributed by atoms with Gasteiger partial charge in [-0.15, -0.1) is 11.3 Å². The molecule has 0 saturated heterocycles. The number of aromatic carboxylic acids is 1. The van der Waals surface area contributed by atoms with E-state index in [1.165, 1.54) is 28.8 Å². The van der Waals surface area contributed by atoms with Crippen LogP contribution >= 0.6 is 11.3 Å². The molecule has 1 aromatic carbocycles. The Bertz CT molecular complexity index is 668. The number of non-ortho nitro benzene ring substituents is 1. The number of thiazole rings is 1.